The highest BCUT2D eigenvalue weighted by Crippen LogP contribution is 2.25. The molecule has 1 atom stereocenters. The zero-order valence-electron chi connectivity index (χ0n) is 14.8. The van der Waals surface area contributed by atoms with E-state index < -0.39 is 10.0 Å². The van der Waals surface area contributed by atoms with Gasteiger partial charge in [-0.3, -0.25) is 4.79 Å². The lowest BCUT2D eigenvalue weighted by atomic mass is 10.2. The number of halogens is 1. The fourth-order valence-corrected chi connectivity index (χ4v) is 4.33. The largest absolute Gasteiger partial charge is 0.351 e. The Balaban J connectivity index is 2.04. The van der Waals surface area contributed by atoms with Crippen LogP contribution < -0.4 is 5.32 Å². The summed E-state index contributed by atoms with van der Waals surface area (Å²) in [6.07, 6.45) is 0. The fourth-order valence-electron chi connectivity index (χ4n) is 2.20. The molecule has 0 aliphatic carbocycles. The van der Waals surface area contributed by atoms with Gasteiger partial charge in [0, 0.05) is 30.6 Å². The van der Waals surface area contributed by atoms with Crippen LogP contribution in [0.4, 0.5) is 0 Å². The summed E-state index contributed by atoms with van der Waals surface area (Å²) in [5, 5.41) is 3.13. The van der Waals surface area contributed by atoms with Crippen molar-refractivity contribution in [3.05, 3.63) is 59.1 Å². The van der Waals surface area contributed by atoms with E-state index in [2.05, 4.69) is 5.32 Å². The van der Waals surface area contributed by atoms with Crippen LogP contribution in [0.1, 0.15) is 12.5 Å². The van der Waals surface area contributed by atoms with E-state index in [0.29, 0.717) is 10.6 Å². The van der Waals surface area contributed by atoms with Crippen LogP contribution in [-0.4, -0.2) is 38.0 Å². The summed E-state index contributed by atoms with van der Waals surface area (Å²) in [6, 6.07) is 13.9. The minimum atomic E-state index is -3.56. The van der Waals surface area contributed by atoms with Gasteiger partial charge >= 0.3 is 0 Å². The summed E-state index contributed by atoms with van der Waals surface area (Å²) in [7, 11) is -0.601. The first-order chi connectivity index (χ1) is 12.2. The zero-order valence-corrected chi connectivity index (χ0v) is 17.2. The molecule has 1 N–H and O–H groups in total. The summed E-state index contributed by atoms with van der Waals surface area (Å²) in [4.78, 5) is 13.5. The van der Waals surface area contributed by atoms with Gasteiger partial charge in [-0.1, -0.05) is 29.8 Å². The number of nitrogens with one attached hydrogen (secondary N) is 1. The van der Waals surface area contributed by atoms with Gasteiger partial charge in [0.05, 0.1) is 10.1 Å². The molecule has 0 aromatic heterocycles. The number of hydrogen-bond donors (Lipinski definition) is 1. The zero-order chi connectivity index (χ0) is 19.3. The molecule has 5 nitrogen and oxygen atoms in total. The van der Waals surface area contributed by atoms with Gasteiger partial charge in [0.1, 0.15) is 0 Å². The van der Waals surface area contributed by atoms with Gasteiger partial charge in [-0.25, -0.2) is 12.7 Å². The van der Waals surface area contributed by atoms with Crippen LogP contribution in [0.25, 0.3) is 0 Å². The molecule has 26 heavy (non-hydrogen) atoms. The summed E-state index contributed by atoms with van der Waals surface area (Å²) < 4.78 is 26.0. The van der Waals surface area contributed by atoms with E-state index in [-0.39, 0.29) is 22.6 Å². The molecule has 1 unspecified atom stereocenters. The first-order valence-electron chi connectivity index (χ1n) is 7.92. The average molecular weight is 413 g/mol. The molecular weight excluding hydrogens is 392 g/mol. The predicted molar refractivity (Wildman–Crippen MR) is 106 cm³/mol. The van der Waals surface area contributed by atoms with E-state index in [4.69, 9.17) is 11.6 Å². The van der Waals surface area contributed by atoms with Crippen LogP contribution in [0.2, 0.25) is 5.02 Å². The van der Waals surface area contributed by atoms with Crippen molar-refractivity contribution in [3.63, 3.8) is 0 Å². The maximum Gasteiger partial charge on any atom is 0.242 e. The highest BCUT2D eigenvalue weighted by molar-refractivity contribution is 8.00. The number of rotatable bonds is 7. The molecule has 140 valence electrons. The van der Waals surface area contributed by atoms with Crippen molar-refractivity contribution in [1.82, 2.24) is 9.62 Å². The van der Waals surface area contributed by atoms with E-state index >= 15 is 0 Å². The summed E-state index contributed by atoms with van der Waals surface area (Å²) in [5.41, 5.74) is 0.554. The highest BCUT2D eigenvalue weighted by atomic mass is 35.5. The average Bonchev–Trinajstić information content (AvgIpc) is 2.61. The topological polar surface area (TPSA) is 66.5 Å². The SMILES string of the molecule is CC(Sc1ccc(Cl)cc1)C(=O)NCc1ccccc1S(=O)(=O)N(C)C. The Hall–Kier alpha value is -1.54. The molecule has 0 saturated heterocycles. The molecule has 0 spiro atoms. The minimum Gasteiger partial charge on any atom is -0.351 e. The van der Waals surface area contributed by atoms with Crippen molar-refractivity contribution >= 4 is 39.3 Å². The Labute approximate surface area is 163 Å². The number of sulfonamides is 1. The number of thioether (sulfide) groups is 1. The third-order valence-corrected chi connectivity index (χ3v) is 6.96. The van der Waals surface area contributed by atoms with Crippen molar-refractivity contribution in [2.45, 2.75) is 28.5 Å². The molecule has 0 bridgehead atoms. The van der Waals surface area contributed by atoms with E-state index in [1.807, 2.05) is 12.1 Å². The van der Waals surface area contributed by atoms with Crippen molar-refractivity contribution in [2.24, 2.45) is 0 Å². The number of hydrogen-bond acceptors (Lipinski definition) is 4. The van der Waals surface area contributed by atoms with Crippen molar-refractivity contribution < 1.29 is 13.2 Å². The van der Waals surface area contributed by atoms with Crippen molar-refractivity contribution in [2.75, 3.05) is 14.1 Å². The Bertz CT molecular complexity index is 868. The second-order valence-corrected chi connectivity index (χ2v) is 9.80. The van der Waals surface area contributed by atoms with Gasteiger partial charge in [0.25, 0.3) is 0 Å². The minimum absolute atomic E-state index is 0.146. The Morgan fingerprint density at radius 3 is 2.38 bits per heavy atom. The van der Waals surface area contributed by atoms with Crippen molar-refractivity contribution in [1.29, 1.82) is 0 Å². The maximum atomic E-state index is 12.4. The third-order valence-electron chi connectivity index (χ3n) is 3.68. The molecule has 0 aliphatic heterocycles. The number of carbonyl (C=O) groups is 1. The molecular formula is C18H21ClN2O3S2. The molecule has 0 aliphatic rings. The Kier molecular flexibility index (Phi) is 7.11. The maximum absolute atomic E-state index is 12.4. The lowest BCUT2D eigenvalue weighted by molar-refractivity contribution is -0.120. The lowest BCUT2D eigenvalue weighted by Gasteiger charge is -2.16. The fraction of sp³-hybridized carbons (Fsp3) is 0.278. The van der Waals surface area contributed by atoms with Gasteiger partial charge in [-0.15, -0.1) is 11.8 Å². The van der Waals surface area contributed by atoms with Gasteiger partial charge in [0.15, 0.2) is 0 Å². The van der Waals surface area contributed by atoms with Crippen LogP contribution in [0, 0.1) is 0 Å². The van der Waals surface area contributed by atoms with Crippen LogP contribution in [0.5, 0.6) is 0 Å². The number of nitrogens with zero attached hydrogens (tertiary/aromatic N) is 1. The van der Waals surface area contributed by atoms with E-state index in [1.54, 1.807) is 43.3 Å². The molecule has 0 heterocycles. The molecule has 0 radical (unpaired) electrons. The second-order valence-electron chi connectivity index (χ2n) is 5.83. The van der Waals surface area contributed by atoms with Gasteiger partial charge in [-0.05, 0) is 42.8 Å². The first-order valence-corrected chi connectivity index (χ1v) is 10.6. The first kappa shape index (κ1) is 20.8. The molecule has 2 rings (SSSR count). The molecule has 2 aromatic carbocycles. The van der Waals surface area contributed by atoms with Gasteiger partial charge in [0.2, 0.25) is 15.9 Å². The van der Waals surface area contributed by atoms with Gasteiger partial charge < -0.3 is 5.32 Å². The van der Waals surface area contributed by atoms with Crippen molar-refractivity contribution in [3.8, 4) is 0 Å². The molecule has 8 heteroatoms. The highest BCUT2D eigenvalue weighted by Gasteiger charge is 2.21. The normalized spacial score (nSPS) is 12.8. The summed E-state index contributed by atoms with van der Waals surface area (Å²) >= 11 is 7.27. The van der Waals surface area contributed by atoms with E-state index in [9.17, 15) is 13.2 Å². The number of amides is 1. The monoisotopic (exact) mass is 412 g/mol. The molecule has 0 saturated carbocycles. The number of carbonyl (C=O) groups excluding carboxylic acids is 1. The van der Waals surface area contributed by atoms with Crippen LogP contribution in [0.3, 0.4) is 0 Å². The second kappa shape index (κ2) is 8.90. The lowest BCUT2D eigenvalue weighted by Crippen LogP contribution is -2.31. The van der Waals surface area contributed by atoms with Gasteiger partial charge in [-0.2, -0.15) is 0 Å². The Morgan fingerprint density at radius 1 is 1.15 bits per heavy atom. The molecule has 1 amide bonds. The number of benzene rings is 2. The molecule has 0 fully saturated rings. The summed E-state index contributed by atoms with van der Waals surface area (Å²) in [6.45, 7) is 1.95. The predicted octanol–water partition coefficient (Wildman–Crippen LogP) is 3.39. The Morgan fingerprint density at radius 2 is 1.77 bits per heavy atom. The standard InChI is InChI=1S/C18H21ClN2O3S2/c1-13(25-16-10-8-15(19)9-11-16)18(22)20-12-14-6-4-5-7-17(14)26(23,24)21(2)3/h4-11,13H,12H2,1-3H3,(H,20,22). The van der Waals surface area contributed by atoms with Crippen LogP contribution in [0.15, 0.2) is 58.3 Å². The van der Waals surface area contributed by atoms with Crippen LogP contribution in [-0.2, 0) is 21.4 Å². The smallest absolute Gasteiger partial charge is 0.242 e. The summed E-state index contributed by atoms with van der Waals surface area (Å²) in [5.74, 6) is -0.165. The van der Waals surface area contributed by atoms with Crippen LogP contribution >= 0.6 is 23.4 Å². The quantitative estimate of drug-likeness (QED) is 0.708. The third kappa shape index (κ3) is 5.23. The van der Waals surface area contributed by atoms with E-state index in [1.165, 1.54) is 25.9 Å². The molecule has 2 aromatic rings. The van der Waals surface area contributed by atoms with E-state index in [0.717, 1.165) is 9.20 Å².